The molecule has 2 amide bonds. The fraction of sp³-hybridized carbons (Fsp3) is 0.200. The molecule has 0 spiro atoms. The molecule has 0 aromatic heterocycles. The van der Waals surface area contributed by atoms with Gasteiger partial charge in [-0.05, 0) is 65.8 Å². The Morgan fingerprint density at radius 2 is 1.49 bits per heavy atom. The van der Waals surface area contributed by atoms with Crippen LogP contribution in [0.15, 0.2) is 127 Å². The van der Waals surface area contributed by atoms with Gasteiger partial charge < -0.3 is 5.11 Å². The van der Waals surface area contributed by atoms with E-state index in [1.807, 2.05) is 60.7 Å². The second kappa shape index (κ2) is 11.3. The van der Waals surface area contributed by atoms with E-state index in [4.69, 9.17) is 0 Å². The van der Waals surface area contributed by atoms with Crippen LogP contribution in [-0.4, -0.2) is 33.4 Å². The largest absolute Gasteiger partial charge is 0.508 e. The number of benzene rings is 4. The summed E-state index contributed by atoms with van der Waals surface area (Å²) in [7, 11) is 0. The fourth-order valence-electron chi connectivity index (χ4n) is 8.93. The number of allylic oxidation sites excluding steroid dienone is 4. The Bertz CT molecular complexity index is 2120. The van der Waals surface area contributed by atoms with Gasteiger partial charge in [-0.3, -0.25) is 34.2 Å². The highest BCUT2D eigenvalue weighted by atomic mass is 16.6. The van der Waals surface area contributed by atoms with Gasteiger partial charge in [0.15, 0.2) is 11.6 Å². The van der Waals surface area contributed by atoms with Crippen molar-refractivity contribution in [3.05, 3.63) is 154 Å². The highest BCUT2D eigenvalue weighted by Gasteiger charge is 2.66. The molecule has 0 unspecified atom stereocenters. The lowest BCUT2D eigenvalue weighted by Crippen LogP contribution is -2.58. The number of aromatic hydroxyl groups is 1. The molecule has 242 valence electrons. The van der Waals surface area contributed by atoms with E-state index in [0.29, 0.717) is 22.3 Å². The molecule has 4 aromatic carbocycles. The second-order valence-corrected chi connectivity index (χ2v) is 13.2. The standard InChI is InChI=1S/C40H30N2O7/c43-28-13-7-10-24(20-28)36-29-18-19-30-35(39(47)41(38(30)46)26-14-16-27(17-15-26)42(48)49)32(29)21-33-37(45)31(23-8-3-1-4-9-23)22-34(44)40(33,36)25-11-5-2-6-12-25/h1-18,20,22,30,32-33,35-36,43H,19,21H2/t30-,32+,33-,35-,36-,40-/m0/s1. The number of phenols is 1. The van der Waals surface area contributed by atoms with Gasteiger partial charge in [-0.15, -0.1) is 0 Å². The Morgan fingerprint density at radius 3 is 2.16 bits per heavy atom. The Hall–Kier alpha value is -5.96. The summed E-state index contributed by atoms with van der Waals surface area (Å²) in [6, 6.07) is 30.3. The number of carbonyl (C=O) groups excluding carboxylic acids is 4. The van der Waals surface area contributed by atoms with Gasteiger partial charge in [-0.1, -0.05) is 84.4 Å². The molecule has 6 atom stereocenters. The summed E-state index contributed by atoms with van der Waals surface area (Å²) < 4.78 is 0. The summed E-state index contributed by atoms with van der Waals surface area (Å²) in [4.78, 5) is 70.1. The summed E-state index contributed by atoms with van der Waals surface area (Å²) in [5, 5.41) is 22.0. The van der Waals surface area contributed by atoms with Gasteiger partial charge in [-0.25, -0.2) is 0 Å². The number of phenolic OH excluding ortho intramolecular Hbond substituents is 1. The molecule has 8 rings (SSSR count). The molecule has 1 aliphatic heterocycles. The number of rotatable bonds is 5. The van der Waals surface area contributed by atoms with Crippen LogP contribution in [0.2, 0.25) is 0 Å². The minimum Gasteiger partial charge on any atom is -0.508 e. The van der Waals surface area contributed by atoms with Crippen molar-refractivity contribution in [1.29, 1.82) is 0 Å². The molecule has 1 heterocycles. The molecule has 4 aliphatic rings. The zero-order valence-corrected chi connectivity index (χ0v) is 26.1. The first-order valence-corrected chi connectivity index (χ1v) is 16.2. The SMILES string of the molecule is O=C1C(c2ccccc2)=CC(=O)[C@@]2(c3ccccc3)[C@@H](c3cccc(O)c3)C3=CC[C@@H]4C(=O)N(c5ccc([N+](=O)[O-])cc5)C(=O)[C@@H]4[C@@H]3C[C@@H]12. The number of hydrogen-bond donors (Lipinski definition) is 1. The van der Waals surface area contributed by atoms with Crippen molar-refractivity contribution in [2.24, 2.45) is 23.7 Å². The van der Waals surface area contributed by atoms with Crippen molar-refractivity contribution in [2.45, 2.75) is 24.2 Å². The van der Waals surface area contributed by atoms with Gasteiger partial charge in [0.25, 0.3) is 5.69 Å². The Labute approximate surface area is 281 Å². The van der Waals surface area contributed by atoms with Crippen molar-refractivity contribution in [2.75, 3.05) is 4.90 Å². The van der Waals surface area contributed by atoms with Gasteiger partial charge >= 0.3 is 0 Å². The molecule has 9 nitrogen and oxygen atoms in total. The van der Waals surface area contributed by atoms with Crippen LogP contribution in [0.3, 0.4) is 0 Å². The van der Waals surface area contributed by atoms with Crippen molar-refractivity contribution >= 4 is 40.3 Å². The van der Waals surface area contributed by atoms with Crippen LogP contribution in [0.4, 0.5) is 11.4 Å². The van der Waals surface area contributed by atoms with Crippen LogP contribution in [0.25, 0.3) is 5.57 Å². The maximum atomic E-state index is 15.0. The minimum absolute atomic E-state index is 0.000222. The van der Waals surface area contributed by atoms with Gasteiger partial charge in [0.2, 0.25) is 11.8 Å². The van der Waals surface area contributed by atoms with Crippen molar-refractivity contribution in [3.63, 3.8) is 0 Å². The third-order valence-electron chi connectivity index (χ3n) is 10.9. The van der Waals surface area contributed by atoms with Crippen LogP contribution in [0.1, 0.15) is 35.4 Å². The number of carbonyl (C=O) groups is 4. The van der Waals surface area contributed by atoms with E-state index in [9.17, 15) is 34.4 Å². The molecule has 3 aliphatic carbocycles. The number of hydrogen-bond acceptors (Lipinski definition) is 7. The lowest BCUT2D eigenvalue weighted by atomic mass is 9.44. The number of non-ortho nitro benzene ring substituents is 1. The number of amides is 2. The average molecular weight is 651 g/mol. The molecule has 0 radical (unpaired) electrons. The predicted octanol–water partition coefficient (Wildman–Crippen LogP) is 6.33. The van der Waals surface area contributed by atoms with E-state index < -0.39 is 51.7 Å². The van der Waals surface area contributed by atoms with Crippen LogP contribution < -0.4 is 4.90 Å². The number of nitro groups is 1. The minimum atomic E-state index is -1.39. The number of ketones is 2. The maximum Gasteiger partial charge on any atom is 0.269 e. The first-order valence-electron chi connectivity index (χ1n) is 16.2. The van der Waals surface area contributed by atoms with Gasteiger partial charge in [0.1, 0.15) is 5.75 Å². The zero-order valence-electron chi connectivity index (χ0n) is 26.1. The first kappa shape index (κ1) is 30.4. The second-order valence-electron chi connectivity index (χ2n) is 13.2. The molecule has 0 bridgehead atoms. The number of nitro benzene ring substituents is 1. The van der Waals surface area contributed by atoms with E-state index >= 15 is 0 Å². The third-order valence-corrected chi connectivity index (χ3v) is 10.9. The molecule has 2 fully saturated rings. The monoisotopic (exact) mass is 650 g/mol. The van der Waals surface area contributed by atoms with E-state index in [-0.39, 0.29) is 41.5 Å². The number of imide groups is 1. The number of fused-ring (bicyclic) bond motifs is 4. The van der Waals surface area contributed by atoms with Gasteiger partial charge in [0.05, 0.1) is 27.9 Å². The predicted molar refractivity (Wildman–Crippen MR) is 180 cm³/mol. The fourth-order valence-corrected chi connectivity index (χ4v) is 8.93. The van der Waals surface area contributed by atoms with E-state index in [2.05, 4.69) is 0 Å². The van der Waals surface area contributed by atoms with Crippen LogP contribution in [0, 0.1) is 33.8 Å². The Morgan fingerprint density at radius 1 is 0.796 bits per heavy atom. The Balaban J connectivity index is 1.32. The summed E-state index contributed by atoms with van der Waals surface area (Å²) in [6.07, 6.45) is 3.81. The molecule has 1 saturated carbocycles. The van der Waals surface area contributed by atoms with Gasteiger partial charge in [0, 0.05) is 29.5 Å². The molecular formula is C40H30N2O7. The molecule has 9 heteroatoms. The topological polar surface area (TPSA) is 135 Å². The average Bonchev–Trinajstić information content (AvgIpc) is 3.38. The lowest BCUT2D eigenvalue weighted by molar-refractivity contribution is -0.384. The number of anilines is 1. The summed E-state index contributed by atoms with van der Waals surface area (Å²) in [5.41, 5.74) is 1.70. The molecule has 1 N–H and O–H groups in total. The smallest absolute Gasteiger partial charge is 0.269 e. The summed E-state index contributed by atoms with van der Waals surface area (Å²) in [6.45, 7) is 0. The first-order chi connectivity index (χ1) is 23.7. The molecule has 1 saturated heterocycles. The maximum absolute atomic E-state index is 15.0. The molecule has 49 heavy (non-hydrogen) atoms. The van der Waals surface area contributed by atoms with Crippen LogP contribution in [0.5, 0.6) is 5.75 Å². The van der Waals surface area contributed by atoms with Crippen molar-refractivity contribution < 1.29 is 29.2 Å². The normalized spacial score (nSPS) is 27.5. The van der Waals surface area contributed by atoms with Crippen molar-refractivity contribution in [1.82, 2.24) is 0 Å². The van der Waals surface area contributed by atoms with Crippen LogP contribution >= 0.6 is 0 Å². The molecule has 4 aromatic rings. The Kier molecular flexibility index (Phi) is 7.03. The summed E-state index contributed by atoms with van der Waals surface area (Å²) >= 11 is 0. The highest BCUT2D eigenvalue weighted by molar-refractivity contribution is 6.32. The molecular weight excluding hydrogens is 620 g/mol. The van der Waals surface area contributed by atoms with Gasteiger partial charge in [-0.2, -0.15) is 0 Å². The van der Waals surface area contributed by atoms with Crippen LogP contribution in [-0.2, 0) is 24.6 Å². The highest BCUT2D eigenvalue weighted by Crippen LogP contribution is 2.63. The number of Topliss-reactive ketones (excluding diaryl/α,β-unsaturated/α-hetero) is 1. The van der Waals surface area contributed by atoms with Crippen molar-refractivity contribution in [3.8, 4) is 5.75 Å². The summed E-state index contributed by atoms with van der Waals surface area (Å²) in [5.74, 6) is -5.00. The van der Waals surface area contributed by atoms with E-state index in [1.54, 1.807) is 30.3 Å². The number of nitrogens with zero attached hydrogens (tertiary/aromatic N) is 2. The quantitative estimate of drug-likeness (QED) is 0.115. The third kappa shape index (κ3) is 4.45. The van der Waals surface area contributed by atoms with E-state index in [1.165, 1.54) is 30.3 Å². The zero-order chi connectivity index (χ0) is 34.0. The van der Waals surface area contributed by atoms with E-state index in [0.717, 1.165) is 10.5 Å². The lowest BCUT2D eigenvalue weighted by Gasteiger charge is -2.55.